The van der Waals surface area contributed by atoms with Crippen molar-refractivity contribution in [2.45, 2.75) is 34.6 Å². The monoisotopic (exact) mass is 413 g/mol. The first kappa shape index (κ1) is 25.1. The molecule has 1 atom stereocenters. The number of aryl methyl sites for hydroxylation is 1. The summed E-state index contributed by atoms with van der Waals surface area (Å²) in [4.78, 5) is 12.9. The summed E-state index contributed by atoms with van der Waals surface area (Å²) in [5.41, 5.74) is 1.50. The molecule has 0 aromatic heterocycles. The smallest absolute Gasteiger partial charge is 0.493 e. The van der Waals surface area contributed by atoms with Crippen LogP contribution in [0.4, 0.5) is 0 Å². The van der Waals surface area contributed by atoms with Gasteiger partial charge in [-0.15, -0.1) is 0 Å². The van der Waals surface area contributed by atoms with Crippen LogP contribution in [0, 0.1) is 18.8 Å². The molecule has 28 heavy (non-hydrogen) atoms. The van der Waals surface area contributed by atoms with Crippen LogP contribution in [0.3, 0.4) is 0 Å². The van der Waals surface area contributed by atoms with Crippen molar-refractivity contribution in [3.05, 3.63) is 52.5 Å². The standard InChI is InChI=1S/C22H28ClO3P.Li/c1-14(2)12-25-17-9-10-20(19(11-17)26-13-15(3)4)27-22(24)21-16(5)7-6-8-18(21)23;/h6-11,14-15,27H,12-13H2,1-5H3;/q;+1. The number of carbonyl (C=O) groups is 1. The molecule has 2 aromatic rings. The Hall–Kier alpha value is -0.973. The Morgan fingerprint density at radius 1 is 1.04 bits per heavy atom. The molecule has 6 heteroatoms. The molecule has 2 rings (SSSR count). The fourth-order valence-electron chi connectivity index (χ4n) is 2.44. The third kappa shape index (κ3) is 7.45. The van der Waals surface area contributed by atoms with E-state index in [-0.39, 0.29) is 33.0 Å². The van der Waals surface area contributed by atoms with Crippen LogP contribution in [0.1, 0.15) is 43.6 Å². The van der Waals surface area contributed by atoms with Crippen molar-refractivity contribution >= 4 is 31.0 Å². The largest absolute Gasteiger partial charge is 1.00 e. The Bertz CT molecular complexity index is 773. The topological polar surface area (TPSA) is 35.5 Å². The van der Waals surface area contributed by atoms with Crippen molar-refractivity contribution in [2.75, 3.05) is 13.2 Å². The molecule has 2 aromatic carbocycles. The molecule has 0 saturated carbocycles. The van der Waals surface area contributed by atoms with Crippen molar-refractivity contribution in [1.82, 2.24) is 0 Å². The molecule has 146 valence electrons. The van der Waals surface area contributed by atoms with E-state index in [0.29, 0.717) is 41.4 Å². The van der Waals surface area contributed by atoms with Gasteiger partial charge in [-0.2, -0.15) is 0 Å². The summed E-state index contributed by atoms with van der Waals surface area (Å²) in [6.45, 7) is 11.5. The van der Waals surface area contributed by atoms with Crippen molar-refractivity contribution in [2.24, 2.45) is 11.8 Å². The maximum atomic E-state index is 12.9. The minimum Gasteiger partial charge on any atom is -0.493 e. The number of hydrogen-bond donors (Lipinski definition) is 0. The predicted molar refractivity (Wildman–Crippen MR) is 116 cm³/mol. The zero-order valence-corrected chi connectivity index (χ0v) is 19.4. The molecule has 0 spiro atoms. The Morgan fingerprint density at radius 2 is 1.68 bits per heavy atom. The summed E-state index contributed by atoms with van der Waals surface area (Å²) in [5.74, 6) is 2.30. The van der Waals surface area contributed by atoms with Gasteiger partial charge < -0.3 is 9.47 Å². The first-order chi connectivity index (χ1) is 12.8. The fraction of sp³-hybridized carbons (Fsp3) is 0.409. The van der Waals surface area contributed by atoms with Gasteiger partial charge in [-0.1, -0.05) is 51.4 Å². The van der Waals surface area contributed by atoms with Crippen LogP contribution in [0.25, 0.3) is 0 Å². The summed E-state index contributed by atoms with van der Waals surface area (Å²) in [6, 6.07) is 11.2. The van der Waals surface area contributed by atoms with E-state index in [1.54, 1.807) is 6.07 Å². The molecular weight excluding hydrogens is 386 g/mol. The van der Waals surface area contributed by atoms with E-state index in [0.717, 1.165) is 16.6 Å². The molecule has 0 saturated heterocycles. The van der Waals surface area contributed by atoms with E-state index in [1.807, 2.05) is 37.3 Å². The van der Waals surface area contributed by atoms with E-state index >= 15 is 0 Å². The van der Waals surface area contributed by atoms with Gasteiger partial charge in [-0.25, -0.2) is 0 Å². The predicted octanol–water partition coefficient (Wildman–Crippen LogP) is 2.87. The molecule has 0 N–H and O–H groups in total. The second kappa shape index (κ2) is 11.9. The van der Waals surface area contributed by atoms with Gasteiger partial charge in [0.15, 0.2) is 5.52 Å². The van der Waals surface area contributed by atoms with Crippen LogP contribution >= 0.6 is 20.2 Å². The molecule has 0 aliphatic carbocycles. The molecule has 0 heterocycles. The normalized spacial score (nSPS) is 11.1. The Balaban J connectivity index is 0.00000392. The second-order valence-corrected chi connectivity index (χ2v) is 9.10. The van der Waals surface area contributed by atoms with Gasteiger partial charge in [0.2, 0.25) is 0 Å². The molecule has 0 amide bonds. The average molecular weight is 414 g/mol. The van der Waals surface area contributed by atoms with Crippen molar-refractivity contribution in [3.63, 3.8) is 0 Å². The molecule has 0 bridgehead atoms. The number of hydrogen-bond acceptors (Lipinski definition) is 3. The maximum absolute atomic E-state index is 12.9. The van der Waals surface area contributed by atoms with E-state index in [9.17, 15) is 4.79 Å². The van der Waals surface area contributed by atoms with Gasteiger partial charge in [-0.3, -0.25) is 4.79 Å². The fourth-order valence-corrected chi connectivity index (χ4v) is 3.96. The zero-order chi connectivity index (χ0) is 20.0. The van der Waals surface area contributed by atoms with Crippen LogP contribution in [-0.2, 0) is 0 Å². The van der Waals surface area contributed by atoms with E-state index < -0.39 is 0 Å². The van der Waals surface area contributed by atoms with Gasteiger partial charge in [0.05, 0.1) is 18.2 Å². The van der Waals surface area contributed by atoms with Crippen molar-refractivity contribution in [1.29, 1.82) is 0 Å². The number of halogens is 1. The zero-order valence-electron chi connectivity index (χ0n) is 17.6. The average Bonchev–Trinajstić information content (AvgIpc) is 2.59. The van der Waals surface area contributed by atoms with E-state index in [1.165, 1.54) is 0 Å². The van der Waals surface area contributed by atoms with Crippen LogP contribution < -0.4 is 33.6 Å². The van der Waals surface area contributed by atoms with Crippen molar-refractivity contribution in [3.8, 4) is 11.5 Å². The molecule has 1 unspecified atom stereocenters. The minimum atomic E-state index is -0.0594. The van der Waals surface area contributed by atoms with E-state index in [2.05, 4.69) is 27.7 Å². The molecule has 0 fully saturated rings. The first-order valence-corrected chi connectivity index (χ1v) is 10.6. The Labute approximate surface area is 187 Å². The van der Waals surface area contributed by atoms with Gasteiger partial charge in [-0.05, 0) is 51.1 Å². The van der Waals surface area contributed by atoms with E-state index in [4.69, 9.17) is 21.1 Å². The molecule has 0 aliphatic heterocycles. The van der Waals surface area contributed by atoms with Gasteiger partial charge in [0.1, 0.15) is 11.5 Å². The molecule has 3 nitrogen and oxygen atoms in total. The van der Waals surface area contributed by atoms with Crippen LogP contribution in [0.15, 0.2) is 36.4 Å². The third-order valence-electron chi connectivity index (χ3n) is 3.81. The van der Waals surface area contributed by atoms with Crippen LogP contribution in [0.5, 0.6) is 11.5 Å². The number of benzene rings is 2. The molecular formula is C22H28ClLiO3P+. The molecule has 0 radical (unpaired) electrons. The SMILES string of the molecule is Cc1cccc(Cl)c1C(=O)Pc1ccc(OCC(C)C)cc1OCC(C)C.[Li+]. The summed E-state index contributed by atoms with van der Waals surface area (Å²) >= 11 is 6.26. The maximum Gasteiger partial charge on any atom is 1.00 e. The second-order valence-electron chi connectivity index (χ2n) is 7.45. The number of ether oxygens (including phenoxy) is 2. The number of rotatable bonds is 9. The summed E-state index contributed by atoms with van der Waals surface area (Å²) in [7, 11) is -0.0594. The van der Waals surface area contributed by atoms with Gasteiger partial charge >= 0.3 is 18.9 Å². The first-order valence-electron chi connectivity index (χ1n) is 9.24. The van der Waals surface area contributed by atoms with Crippen LogP contribution in [-0.4, -0.2) is 18.7 Å². The summed E-state index contributed by atoms with van der Waals surface area (Å²) < 4.78 is 11.8. The van der Waals surface area contributed by atoms with Gasteiger partial charge in [0, 0.05) is 16.9 Å². The Kier molecular flexibility index (Phi) is 10.6. The Morgan fingerprint density at radius 3 is 2.29 bits per heavy atom. The third-order valence-corrected chi connectivity index (χ3v) is 5.28. The van der Waals surface area contributed by atoms with Gasteiger partial charge in [0.25, 0.3) is 0 Å². The molecule has 0 aliphatic rings. The summed E-state index contributed by atoms with van der Waals surface area (Å²) in [5, 5.41) is 1.37. The minimum absolute atomic E-state index is 0. The van der Waals surface area contributed by atoms with Crippen LogP contribution in [0.2, 0.25) is 5.02 Å². The van der Waals surface area contributed by atoms with Crippen molar-refractivity contribution < 1.29 is 33.1 Å². The summed E-state index contributed by atoms with van der Waals surface area (Å²) in [6.07, 6.45) is 0. The number of carbonyl (C=O) groups excluding carboxylic acids is 1. The quantitative estimate of drug-likeness (QED) is 0.468.